The normalized spacial score (nSPS) is 15.6. The number of hydrogen-bond acceptors (Lipinski definition) is 4. The lowest BCUT2D eigenvalue weighted by atomic mass is 10.3. The van der Waals surface area contributed by atoms with Crippen LogP contribution in [0.5, 0.6) is 5.75 Å². The lowest BCUT2D eigenvalue weighted by Crippen LogP contribution is -2.20. The van der Waals surface area contributed by atoms with Crippen LogP contribution < -0.4 is 9.75 Å². The summed E-state index contributed by atoms with van der Waals surface area (Å²) < 4.78 is 40.3. The molecule has 0 aliphatic carbocycles. The van der Waals surface area contributed by atoms with Gasteiger partial charge in [-0.3, -0.25) is 5.01 Å². The molecule has 1 aliphatic rings. The van der Waals surface area contributed by atoms with E-state index in [1.54, 1.807) is 11.6 Å². The van der Waals surface area contributed by atoms with E-state index in [2.05, 4.69) is 9.84 Å². The van der Waals surface area contributed by atoms with Crippen LogP contribution in [0.4, 0.5) is 18.9 Å². The molecule has 16 heavy (non-hydrogen) atoms. The SMILES string of the molecule is FC(F)(F)Oc1ccccc1N1CSC=N1. The first kappa shape index (κ1) is 11.1. The van der Waals surface area contributed by atoms with Gasteiger partial charge in [0, 0.05) is 0 Å². The largest absolute Gasteiger partial charge is 0.573 e. The number of ether oxygens (including phenoxy) is 1. The zero-order valence-electron chi connectivity index (χ0n) is 7.94. The van der Waals surface area contributed by atoms with Gasteiger partial charge in [-0.1, -0.05) is 23.9 Å². The van der Waals surface area contributed by atoms with E-state index in [-0.39, 0.29) is 5.75 Å². The number of para-hydroxylation sites is 2. The zero-order valence-corrected chi connectivity index (χ0v) is 8.76. The van der Waals surface area contributed by atoms with Crippen LogP contribution in [0.1, 0.15) is 0 Å². The number of thioether (sulfide) groups is 1. The summed E-state index contributed by atoms with van der Waals surface area (Å²) >= 11 is 1.40. The Morgan fingerprint density at radius 1 is 1.31 bits per heavy atom. The first-order valence-electron chi connectivity index (χ1n) is 4.32. The van der Waals surface area contributed by atoms with Gasteiger partial charge in [0.25, 0.3) is 0 Å². The summed E-state index contributed by atoms with van der Waals surface area (Å²) in [5.74, 6) is 0.243. The number of hydrazone groups is 1. The van der Waals surface area contributed by atoms with E-state index in [1.807, 2.05) is 0 Å². The van der Waals surface area contributed by atoms with Crippen molar-refractivity contribution in [3.8, 4) is 5.75 Å². The summed E-state index contributed by atoms with van der Waals surface area (Å²) in [6.45, 7) is 0. The van der Waals surface area contributed by atoms with Gasteiger partial charge in [-0.25, -0.2) is 0 Å². The number of halogens is 3. The molecule has 0 spiro atoms. The summed E-state index contributed by atoms with van der Waals surface area (Å²) in [6.07, 6.45) is -4.69. The molecule has 0 bridgehead atoms. The molecule has 1 aliphatic heterocycles. The van der Waals surface area contributed by atoms with E-state index in [0.717, 1.165) is 0 Å². The highest BCUT2D eigenvalue weighted by Crippen LogP contribution is 2.34. The van der Waals surface area contributed by atoms with Crippen molar-refractivity contribution in [2.75, 3.05) is 10.9 Å². The molecule has 0 atom stereocenters. The van der Waals surface area contributed by atoms with Gasteiger partial charge in [0.15, 0.2) is 5.75 Å². The molecule has 0 aromatic heterocycles. The number of rotatable bonds is 2. The van der Waals surface area contributed by atoms with Crippen molar-refractivity contribution in [1.82, 2.24) is 0 Å². The van der Waals surface area contributed by atoms with Crippen molar-refractivity contribution in [3.05, 3.63) is 24.3 Å². The van der Waals surface area contributed by atoms with Crippen LogP contribution in [-0.2, 0) is 0 Å². The maximum Gasteiger partial charge on any atom is 0.573 e. The van der Waals surface area contributed by atoms with E-state index in [4.69, 9.17) is 0 Å². The van der Waals surface area contributed by atoms with Gasteiger partial charge in [-0.05, 0) is 12.1 Å². The Labute approximate surface area is 93.9 Å². The molecule has 2 rings (SSSR count). The summed E-state index contributed by atoms with van der Waals surface area (Å²) in [7, 11) is 0. The first-order chi connectivity index (χ1) is 7.56. The van der Waals surface area contributed by atoms with Crippen LogP contribution in [0.3, 0.4) is 0 Å². The van der Waals surface area contributed by atoms with Crippen LogP contribution >= 0.6 is 11.8 Å². The number of alkyl halides is 3. The predicted molar refractivity (Wildman–Crippen MR) is 56.6 cm³/mol. The summed E-state index contributed by atoms with van der Waals surface area (Å²) in [4.78, 5) is 0. The molecule has 86 valence electrons. The highest BCUT2D eigenvalue weighted by Gasteiger charge is 2.32. The third-order valence-corrected chi connectivity index (χ3v) is 2.46. The zero-order chi connectivity index (χ0) is 11.6. The second-order valence-corrected chi connectivity index (χ2v) is 3.73. The van der Waals surface area contributed by atoms with E-state index in [9.17, 15) is 13.2 Å². The van der Waals surface area contributed by atoms with E-state index < -0.39 is 6.36 Å². The first-order valence-corrected chi connectivity index (χ1v) is 5.37. The minimum atomic E-state index is -4.69. The predicted octanol–water partition coefficient (Wildman–Crippen LogP) is 3.04. The van der Waals surface area contributed by atoms with Gasteiger partial charge in [0.1, 0.15) is 5.69 Å². The molecule has 0 amide bonds. The van der Waals surface area contributed by atoms with Crippen molar-refractivity contribution in [2.24, 2.45) is 5.10 Å². The van der Waals surface area contributed by atoms with Crippen molar-refractivity contribution in [2.45, 2.75) is 6.36 Å². The van der Waals surface area contributed by atoms with Crippen molar-refractivity contribution in [1.29, 1.82) is 0 Å². The van der Waals surface area contributed by atoms with Gasteiger partial charge in [-0.15, -0.1) is 13.2 Å². The van der Waals surface area contributed by atoms with E-state index in [0.29, 0.717) is 11.6 Å². The fourth-order valence-corrected chi connectivity index (χ4v) is 1.83. The fraction of sp³-hybridized carbons (Fsp3) is 0.222. The Morgan fingerprint density at radius 2 is 2.06 bits per heavy atom. The Balaban J connectivity index is 2.27. The van der Waals surface area contributed by atoms with Gasteiger partial charge in [-0.2, -0.15) is 5.10 Å². The number of benzene rings is 1. The molecule has 0 fully saturated rings. The molecule has 7 heteroatoms. The molecule has 0 saturated heterocycles. The molecule has 1 heterocycles. The topological polar surface area (TPSA) is 24.8 Å². The van der Waals surface area contributed by atoms with Gasteiger partial charge in [0.2, 0.25) is 0 Å². The summed E-state index contributed by atoms with van der Waals surface area (Å²) in [5.41, 5.74) is 1.88. The lowest BCUT2D eigenvalue weighted by molar-refractivity contribution is -0.274. The lowest BCUT2D eigenvalue weighted by Gasteiger charge is -2.18. The van der Waals surface area contributed by atoms with Crippen LogP contribution in [0.2, 0.25) is 0 Å². The summed E-state index contributed by atoms with van der Waals surface area (Å²) in [6, 6.07) is 5.92. The average Bonchev–Trinajstić information content (AvgIpc) is 2.69. The minimum Gasteiger partial charge on any atom is -0.403 e. The van der Waals surface area contributed by atoms with E-state index in [1.165, 1.54) is 35.0 Å². The maximum absolute atomic E-state index is 12.1. The number of hydrogen-bond donors (Lipinski definition) is 0. The Morgan fingerprint density at radius 3 is 2.69 bits per heavy atom. The Hall–Kier alpha value is -1.37. The second kappa shape index (κ2) is 4.25. The van der Waals surface area contributed by atoms with E-state index >= 15 is 0 Å². The van der Waals surface area contributed by atoms with Crippen LogP contribution in [0, 0.1) is 0 Å². The third-order valence-electron chi connectivity index (χ3n) is 1.83. The molecule has 1 aromatic rings. The molecule has 0 unspecified atom stereocenters. The maximum atomic E-state index is 12.1. The molecule has 1 aromatic carbocycles. The van der Waals surface area contributed by atoms with Crippen molar-refractivity contribution in [3.63, 3.8) is 0 Å². The summed E-state index contributed by atoms with van der Waals surface area (Å²) in [5, 5.41) is 5.37. The molecule has 3 nitrogen and oxygen atoms in total. The number of nitrogens with zero attached hydrogens (tertiary/aromatic N) is 2. The van der Waals surface area contributed by atoms with Gasteiger partial charge >= 0.3 is 6.36 Å². The standard InChI is InChI=1S/C9H7F3N2OS/c10-9(11,12)15-8-4-2-1-3-7(8)14-6-16-5-13-14/h1-5H,6H2. The molecular formula is C9H7F3N2OS. The van der Waals surface area contributed by atoms with Gasteiger partial charge in [0.05, 0.1) is 11.4 Å². The second-order valence-electron chi connectivity index (χ2n) is 2.93. The molecular weight excluding hydrogens is 241 g/mol. The smallest absolute Gasteiger partial charge is 0.403 e. The highest BCUT2D eigenvalue weighted by atomic mass is 32.2. The van der Waals surface area contributed by atoms with Gasteiger partial charge < -0.3 is 4.74 Å². The highest BCUT2D eigenvalue weighted by molar-refractivity contribution is 8.12. The minimum absolute atomic E-state index is 0.241. The van der Waals surface area contributed by atoms with Crippen molar-refractivity contribution < 1.29 is 17.9 Å². The van der Waals surface area contributed by atoms with Crippen LogP contribution in [0.25, 0.3) is 0 Å². The van der Waals surface area contributed by atoms with Crippen LogP contribution in [-0.4, -0.2) is 17.8 Å². The number of anilines is 1. The Bertz CT molecular complexity index is 408. The van der Waals surface area contributed by atoms with Crippen LogP contribution in [0.15, 0.2) is 29.4 Å². The molecule has 0 N–H and O–H groups in total. The fourth-order valence-electron chi connectivity index (χ4n) is 1.24. The third kappa shape index (κ3) is 2.60. The quantitative estimate of drug-likeness (QED) is 0.804. The molecule has 0 radical (unpaired) electrons. The average molecular weight is 248 g/mol. The molecule has 0 saturated carbocycles. The Kier molecular flexibility index (Phi) is 2.95. The monoisotopic (exact) mass is 248 g/mol. The van der Waals surface area contributed by atoms with Crippen molar-refractivity contribution >= 4 is 23.0 Å².